The maximum absolute atomic E-state index is 12.7. The van der Waals surface area contributed by atoms with Gasteiger partial charge < -0.3 is 19.1 Å². The summed E-state index contributed by atoms with van der Waals surface area (Å²) in [6.45, 7) is 7.04. The van der Waals surface area contributed by atoms with Crippen molar-refractivity contribution in [3.05, 3.63) is 59.7 Å². The van der Waals surface area contributed by atoms with Gasteiger partial charge in [-0.2, -0.15) is 0 Å². The van der Waals surface area contributed by atoms with Gasteiger partial charge in [0.2, 0.25) is 11.1 Å². The van der Waals surface area contributed by atoms with E-state index in [1.54, 1.807) is 11.8 Å². The molecule has 0 saturated carbocycles. The Morgan fingerprint density at radius 2 is 1.71 bits per heavy atom. The number of ether oxygens (including phenoxy) is 1. The van der Waals surface area contributed by atoms with Crippen LogP contribution in [0.1, 0.15) is 30.9 Å². The normalized spacial score (nSPS) is 13.8. The van der Waals surface area contributed by atoms with Crippen LogP contribution in [0.4, 0.5) is 4.79 Å². The van der Waals surface area contributed by atoms with Gasteiger partial charge in [0, 0.05) is 50.3 Å². The van der Waals surface area contributed by atoms with E-state index in [1.165, 1.54) is 22.9 Å². The number of hydrogen-bond acceptors (Lipinski definition) is 7. The highest BCUT2D eigenvalue weighted by atomic mass is 32.2. The number of fused-ring (bicyclic) bond motifs is 3. The van der Waals surface area contributed by atoms with Crippen molar-refractivity contribution in [2.24, 2.45) is 0 Å². The molecule has 10 heteroatoms. The minimum absolute atomic E-state index is 0.113. The maximum Gasteiger partial charge on any atom is 0.409 e. The Bertz CT molecular complexity index is 1430. The van der Waals surface area contributed by atoms with Crippen LogP contribution in [0.3, 0.4) is 0 Å². The number of thioether (sulfide) groups is 1. The van der Waals surface area contributed by atoms with Crippen LogP contribution < -0.4 is 0 Å². The molecule has 2 amide bonds. The number of benzene rings is 2. The Balaban J connectivity index is 1.20. The summed E-state index contributed by atoms with van der Waals surface area (Å²) in [6, 6.07) is 16.7. The molecular formula is C28H32N6O3S. The Morgan fingerprint density at radius 1 is 0.974 bits per heavy atom. The van der Waals surface area contributed by atoms with Crippen molar-refractivity contribution in [1.29, 1.82) is 0 Å². The van der Waals surface area contributed by atoms with E-state index in [2.05, 4.69) is 58.1 Å². The fourth-order valence-electron chi connectivity index (χ4n) is 4.68. The predicted octanol–water partition coefficient (Wildman–Crippen LogP) is 4.51. The van der Waals surface area contributed by atoms with Gasteiger partial charge in [-0.05, 0) is 31.9 Å². The molecule has 3 heterocycles. The van der Waals surface area contributed by atoms with Crippen LogP contribution >= 0.6 is 11.8 Å². The number of carbonyl (C=O) groups is 2. The number of para-hydroxylation sites is 1. The molecule has 1 saturated heterocycles. The van der Waals surface area contributed by atoms with Crippen LogP contribution in [0.5, 0.6) is 0 Å². The van der Waals surface area contributed by atoms with Crippen molar-refractivity contribution in [3.8, 4) is 0 Å². The third-order valence-electron chi connectivity index (χ3n) is 6.74. The standard InChI is InChI=1S/C28H32N6O3S/c1-3-37-28(36)33-16-14-32(15-17-33)24(35)9-6-18-38-27-29-26-25(30-31-27)22-7-4-5-8-23(22)34(26)19-21-12-10-20(2)11-13-21/h4-5,7-8,10-13H,3,6,9,14-19H2,1-2H3. The number of carbonyl (C=O) groups excluding carboxylic acids is 2. The molecule has 0 bridgehead atoms. The summed E-state index contributed by atoms with van der Waals surface area (Å²) in [5.74, 6) is 0.835. The summed E-state index contributed by atoms with van der Waals surface area (Å²) in [6.07, 6.45) is 0.866. The highest BCUT2D eigenvalue weighted by molar-refractivity contribution is 7.99. The zero-order valence-corrected chi connectivity index (χ0v) is 22.6. The molecule has 9 nitrogen and oxygen atoms in total. The fourth-order valence-corrected chi connectivity index (χ4v) is 5.41. The molecule has 38 heavy (non-hydrogen) atoms. The van der Waals surface area contributed by atoms with E-state index in [-0.39, 0.29) is 12.0 Å². The molecule has 1 aliphatic rings. The summed E-state index contributed by atoms with van der Waals surface area (Å²) < 4.78 is 7.25. The minimum Gasteiger partial charge on any atom is -0.450 e. The molecule has 0 aliphatic carbocycles. The van der Waals surface area contributed by atoms with E-state index in [0.29, 0.717) is 50.9 Å². The third-order valence-corrected chi connectivity index (χ3v) is 7.66. The highest BCUT2D eigenvalue weighted by Crippen LogP contribution is 2.28. The Kier molecular flexibility index (Phi) is 8.07. The Hall–Kier alpha value is -3.66. The van der Waals surface area contributed by atoms with Gasteiger partial charge in [-0.25, -0.2) is 9.78 Å². The lowest BCUT2D eigenvalue weighted by Gasteiger charge is -2.34. The fraction of sp³-hybridized carbons (Fsp3) is 0.393. The first-order valence-corrected chi connectivity index (χ1v) is 14.0. The summed E-state index contributed by atoms with van der Waals surface area (Å²) in [5.41, 5.74) is 5.14. The smallest absolute Gasteiger partial charge is 0.409 e. The predicted molar refractivity (Wildman–Crippen MR) is 148 cm³/mol. The van der Waals surface area contributed by atoms with Crippen molar-refractivity contribution >= 4 is 45.8 Å². The number of nitrogens with zero attached hydrogens (tertiary/aromatic N) is 6. The number of rotatable bonds is 8. The van der Waals surface area contributed by atoms with Crippen molar-refractivity contribution in [3.63, 3.8) is 0 Å². The van der Waals surface area contributed by atoms with Crippen molar-refractivity contribution in [2.45, 2.75) is 38.4 Å². The molecule has 0 radical (unpaired) electrons. The topological polar surface area (TPSA) is 93.5 Å². The van der Waals surface area contributed by atoms with E-state index < -0.39 is 0 Å². The lowest BCUT2D eigenvalue weighted by Crippen LogP contribution is -2.50. The van der Waals surface area contributed by atoms with E-state index >= 15 is 0 Å². The van der Waals surface area contributed by atoms with Gasteiger partial charge in [-0.3, -0.25) is 4.79 Å². The molecule has 0 unspecified atom stereocenters. The molecular weight excluding hydrogens is 500 g/mol. The Morgan fingerprint density at radius 3 is 2.47 bits per heavy atom. The monoisotopic (exact) mass is 532 g/mol. The van der Waals surface area contributed by atoms with Crippen molar-refractivity contribution < 1.29 is 14.3 Å². The van der Waals surface area contributed by atoms with E-state index in [9.17, 15) is 9.59 Å². The molecule has 1 aliphatic heterocycles. The second kappa shape index (κ2) is 11.8. The molecule has 198 valence electrons. The first kappa shape index (κ1) is 26.0. The van der Waals surface area contributed by atoms with Gasteiger partial charge in [0.15, 0.2) is 5.65 Å². The first-order chi connectivity index (χ1) is 18.5. The lowest BCUT2D eigenvalue weighted by atomic mass is 10.1. The second-order valence-corrected chi connectivity index (χ2v) is 10.4. The highest BCUT2D eigenvalue weighted by Gasteiger charge is 2.24. The number of aromatic nitrogens is 4. The van der Waals surface area contributed by atoms with Gasteiger partial charge in [0.1, 0.15) is 5.52 Å². The van der Waals surface area contributed by atoms with Gasteiger partial charge in [0.25, 0.3) is 0 Å². The molecule has 0 atom stereocenters. The van der Waals surface area contributed by atoms with Crippen LogP contribution in [0.25, 0.3) is 22.1 Å². The van der Waals surface area contributed by atoms with Gasteiger partial charge in [-0.1, -0.05) is 59.8 Å². The molecule has 5 rings (SSSR count). The quantitative estimate of drug-likeness (QED) is 0.243. The Labute approximate surface area is 226 Å². The van der Waals surface area contributed by atoms with Crippen molar-refractivity contribution in [1.82, 2.24) is 29.5 Å². The van der Waals surface area contributed by atoms with Crippen LogP contribution in [-0.4, -0.2) is 80.1 Å². The average molecular weight is 533 g/mol. The molecule has 4 aromatic rings. The van der Waals surface area contributed by atoms with Crippen LogP contribution in [0, 0.1) is 6.92 Å². The SMILES string of the molecule is CCOC(=O)N1CCN(C(=O)CCCSc2nnc3c4ccccc4n(Cc4ccc(C)cc4)c3n2)CC1. The largest absolute Gasteiger partial charge is 0.450 e. The summed E-state index contributed by atoms with van der Waals surface area (Å²) in [4.78, 5) is 32.9. The molecule has 0 N–H and O–H groups in total. The van der Waals surface area contributed by atoms with Gasteiger partial charge in [0.05, 0.1) is 12.1 Å². The zero-order valence-electron chi connectivity index (χ0n) is 21.8. The molecule has 2 aromatic carbocycles. The third kappa shape index (κ3) is 5.75. The molecule has 0 spiro atoms. The van der Waals surface area contributed by atoms with Gasteiger partial charge in [-0.15, -0.1) is 10.2 Å². The average Bonchev–Trinajstić information content (AvgIpc) is 3.25. The van der Waals surface area contributed by atoms with Crippen LogP contribution in [-0.2, 0) is 16.1 Å². The molecule has 2 aromatic heterocycles. The minimum atomic E-state index is -0.306. The van der Waals surface area contributed by atoms with Crippen LogP contribution in [0.15, 0.2) is 53.7 Å². The number of hydrogen-bond donors (Lipinski definition) is 0. The maximum atomic E-state index is 12.7. The summed E-state index contributed by atoms with van der Waals surface area (Å²) in [7, 11) is 0. The zero-order chi connectivity index (χ0) is 26.5. The summed E-state index contributed by atoms with van der Waals surface area (Å²) >= 11 is 1.52. The summed E-state index contributed by atoms with van der Waals surface area (Å²) in [5, 5.41) is 10.6. The van der Waals surface area contributed by atoms with Crippen molar-refractivity contribution in [2.75, 3.05) is 38.5 Å². The molecule has 1 fully saturated rings. The van der Waals surface area contributed by atoms with E-state index in [1.807, 2.05) is 17.0 Å². The number of aryl methyl sites for hydroxylation is 1. The number of amides is 2. The first-order valence-electron chi connectivity index (χ1n) is 13.0. The van der Waals surface area contributed by atoms with Gasteiger partial charge >= 0.3 is 6.09 Å². The number of piperazine rings is 1. The van der Waals surface area contributed by atoms with E-state index in [4.69, 9.17) is 9.72 Å². The van der Waals surface area contributed by atoms with E-state index in [0.717, 1.165) is 34.2 Å². The second-order valence-electron chi connectivity index (χ2n) is 9.37. The van der Waals surface area contributed by atoms with Crippen LogP contribution in [0.2, 0.25) is 0 Å². The lowest BCUT2D eigenvalue weighted by molar-refractivity contribution is -0.132.